The molecule has 0 saturated heterocycles. The molecule has 11 heteroatoms. The summed E-state index contributed by atoms with van der Waals surface area (Å²) in [5.74, 6) is 0.641. The maximum absolute atomic E-state index is 11.7. The molecule has 2 aromatic heterocycles. The summed E-state index contributed by atoms with van der Waals surface area (Å²) in [4.78, 5) is 21.1. The fourth-order valence-corrected chi connectivity index (χ4v) is 5.17. The van der Waals surface area contributed by atoms with Crippen molar-refractivity contribution in [2.75, 3.05) is 0 Å². The highest BCUT2D eigenvalue weighted by Crippen LogP contribution is 2.44. The number of aromatic nitrogens is 4. The lowest BCUT2D eigenvalue weighted by molar-refractivity contribution is -0.387. The summed E-state index contributed by atoms with van der Waals surface area (Å²) in [6.45, 7) is 6.05. The normalized spacial score (nSPS) is 12.0. The maximum Gasteiger partial charge on any atom is 0.286 e. The molecule has 0 amide bonds. The molecule has 4 aromatic rings. The van der Waals surface area contributed by atoms with Crippen molar-refractivity contribution >= 4 is 78.6 Å². The number of hydrogen-bond acceptors (Lipinski definition) is 8. The van der Waals surface area contributed by atoms with Crippen LogP contribution < -0.4 is 0 Å². The van der Waals surface area contributed by atoms with Crippen LogP contribution in [-0.2, 0) is 5.41 Å². The lowest BCUT2D eigenvalue weighted by atomic mass is 9.95. The van der Waals surface area contributed by atoms with Gasteiger partial charge >= 0.3 is 0 Å². The summed E-state index contributed by atoms with van der Waals surface area (Å²) in [7, 11) is 0. The summed E-state index contributed by atoms with van der Waals surface area (Å²) < 4.78 is 9.07. The van der Waals surface area contributed by atoms with Gasteiger partial charge in [0.15, 0.2) is 0 Å². The number of nitrogens with zero attached hydrogens (tertiary/aromatic N) is 5. The lowest BCUT2D eigenvalue weighted by Gasteiger charge is -2.18. The average molecular weight is 511 g/mol. The summed E-state index contributed by atoms with van der Waals surface area (Å²) in [5, 5.41) is 13.6. The minimum atomic E-state index is -0.424. The first-order valence-corrected chi connectivity index (χ1v) is 11.1. The van der Waals surface area contributed by atoms with Crippen molar-refractivity contribution < 1.29 is 4.92 Å². The first kappa shape index (κ1) is 20.4. The number of halogens is 2. The number of nitro benzene ring substituents is 1. The van der Waals surface area contributed by atoms with Crippen LogP contribution in [0.15, 0.2) is 38.7 Å². The molecule has 2 heterocycles. The van der Waals surface area contributed by atoms with Crippen molar-refractivity contribution in [2.45, 2.75) is 36.1 Å². The molecule has 2 aromatic carbocycles. The van der Waals surface area contributed by atoms with Gasteiger partial charge in [0.05, 0.1) is 26.6 Å². The maximum atomic E-state index is 11.7. The van der Waals surface area contributed by atoms with E-state index in [2.05, 4.69) is 29.7 Å². The van der Waals surface area contributed by atoms with Crippen LogP contribution in [-0.4, -0.2) is 23.6 Å². The second-order valence-electron chi connectivity index (χ2n) is 7.29. The Morgan fingerprint density at radius 2 is 1.90 bits per heavy atom. The molecule has 0 radical (unpaired) electrons. The molecule has 0 spiro atoms. The summed E-state index contributed by atoms with van der Waals surface area (Å²) >= 11 is 11.7. The molecule has 0 unspecified atom stereocenters. The van der Waals surface area contributed by atoms with Crippen molar-refractivity contribution in [3.8, 4) is 0 Å². The smallest absolute Gasteiger partial charge is 0.258 e. The Bertz CT molecular complexity index is 1290. The monoisotopic (exact) mass is 509 g/mol. The number of hydrogen-bond donors (Lipinski definition) is 0. The highest BCUT2D eigenvalue weighted by atomic mass is 79.9. The SMILES string of the molecule is CC(C)(C)c1nc(Sc2c([N+](=O)[O-])cc(Br)c3nsnc23)c2cc(Cl)ccc2n1. The van der Waals surface area contributed by atoms with Crippen LogP contribution in [0.4, 0.5) is 5.69 Å². The molecular weight excluding hydrogens is 498 g/mol. The first-order valence-electron chi connectivity index (χ1n) is 8.40. The molecule has 29 heavy (non-hydrogen) atoms. The highest BCUT2D eigenvalue weighted by molar-refractivity contribution is 9.10. The Balaban J connectivity index is 2.01. The Kier molecular flexibility index (Phi) is 5.22. The summed E-state index contributed by atoms with van der Waals surface area (Å²) in [6, 6.07) is 6.82. The second kappa shape index (κ2) is 7.42. The summed E-state index contributed by atoms with van der Waals surface area (Å²) in [6.07, 6.45) is 0. The van der Waals surface area contributed by atoms with Crippen LogP contribution in [0.25, 0.3) is 21.9 Å². The molecular formula is C18H13BrClN5O2S2. The quantitative estimate of drug-likeness (QED) is 0.178. The Morgan fingerprint density at radius 1 is 1.17 bits per heavy atom. The Hall–Kier alpha value is -1.88. The average Bonchev–Trinajstić information content (AvgIpc) is 3.13. The van der Waals surface area contributed by atoms with Crippen LogP contribution in [0.5, 0.6) is 0 Å². The van der Waals surface area contributed by atoms with Crippen LogP contribution in [0.2, 0.25) is 5.02 Å². The van der Waals surface area contributed by atoms with E-state index in [0.717, 1.165) is 22.6 Å². The zero-order valence-electron chi connectivity index (χ0n) is 15.4. The standard InChI is InChI=1S/C18H13BrClN5O2S2/c1-18(2,3)17-21-11-5-4-8(20)6-9(11)16(22-17)28-15-12(25(26)27)7-10(19)13-14(15)24-29-23-13/h4-7H,1-3H3. The molecule has 0 atom stereocenters. The molecule has 0 aliphatic heterocycles. The molecule has 7 nitrogen and oxygen atoms in total. The van der Waals surface area contributed by atoms with E-state index >= 15 is 0 Å². The van der Waals surface area contributed by atoms with E-state index < -0.39 is 4.92 Å². The minimum Gasteiger partial charge on any atom is -0.258 e. The topological polar surface area (TPSA) is 94.7 Å². The van der Waals surface area contributed by atoms with Crippen molar-refractivity contribution in [1.82, 2.24) is 18.7 Å². The van der Waals surface area contributed by atoms with Crippen LogP contribution in [0.1, 0.15) is 26.6 Å². The van der Waals surface area contributed by atoms with Gasteiger partial charge in [0.1, 0.15) is 26.8 Å². The molecule has 0 bridgehead atoms. The predicted octanol–water partition coefficient (Wildman–Crippen LogP) is 6.41. The Morgan fingerprint density at radius 3 is 2.59 bits per heavy atom. The summed E-state index contributed by atoms with van der Waals surface area (Å²) in [5.41, 5.74) is 1.41. The Labute approximate surface area is 187 Å². The number of benzene rings is 2. The van der Waals surface area contributed by atoms with E-state index in [4.69, 9.17) is 16.6 Å². The predicted molar refractivity (Wildman–Crippen MR) is 119 cm³/mol. The second-order valence-corrected chi connectivity index (χ2v) is 10.1. The van der Waals surface area contributed by atoms with Gasteiger partial charge in [0.25, 0.3) is 5.69 Å². The molecule has 4 rings (SSSR count). The van der Waals surface area contributed by atoms with Gasteiger partial charge in [-0.25, -0.2) is 9.97 Å². The van der Waals surface area contributed by atoms with Crippen LogP contribution >= 0.6 is 51.0 Å². The fraction of sp³-hybridized carbons (Fsp3) is 0.222. The van der Waals surface area contributed by atoms with Crippen LogP contribution in [0.3, 0.4) is 0 Å². The van der Waals surface area contributed by atoms with E-state index in [1.165, 1.54) is 17.8 Å². The largest absolute Gasteiger partial charge is 0.286 e. The van der Waals surface area contributed by atoms with Crippen molar-refractivity contribution in [1.29, 1.82) is 0 Å². The van der Waals surface area contributed by atoms with E-state index in [1.54, 1.807) is 12.1 Å². The van der Waals surface area contributed by atoms with Gasteiger partial charge in [0, 0.05) is 21.9 Å². The first-order chi connectivity index (χ1) is 13.6. The van der Waals surface area contributed by atoms with Gasteiger partial charge in [-0.2, -0.15) is 8.75 Å². The van der Waals surface area contributed by atoms with Gasteiger partial charge in [-0.05, 0) is 34.1 Å². The molecule has 148 valence electrons. The van der Waals surface area contributed by atoms with Crippen LogP contribution in [0, 0.1) is 10.1 Å². The van der Waals surface area contributed by atoms with Crippen molar-refractivity contribution in [3.63, 3.8) is 0 Å². The van der Waals surface area contributed by atoms with Gasteiger partial charge in [-0.3, -0.25) is 10.1 Å². The molecule has 0 aliphatic rings. The highest BCUT2D eigenvalue weighted by Gasteiger charge is 2.26. The van der Waals surface area contributed by atoms with E-state index in [9.17, 15) is 10.1 Å². The van der Waals surface area contributed by atoms with Crippen molar-refractivity contribution in [2.24, 2.45) is 0 Å². The number of rotatable bonds is 3. The number of fused-ring (bicyclic) bond motifs is 2. The van der Waals surface area contributed by atoms with Gasteiger partial charge in [-0.1, -0.05) is 44.1 Å². The lowest BCUT2D eigenvalue weighted by Crippen LogP contribution is -2.16. The molecule has 0 saturated carbocycles. The van der Waals surface area contributed by atoms with Gasteiger partial charge in [0.2, 0.25) is 0 Å². The van der Waals surface area contributed by atoms with Gasteiger partial charge in [-0.15, -0.1) is 0 Å². The zero-order chi connectivity index (χ0) is 20.9. The fourth-order valence-electron chi connectivity index (χ4n) is 2.69. The molecule has 0 N–H and O–H groups in total. The molecule has 0 fully saturated rings. The van der Waals surface area contributed by atoms with E-state index in [1.807, 2.05) is 26.8 Å². The van der Waals surface area contributed by atoms with E-state index in [-0.39, 0.29) is 11.1 Å². The zero-order valence-corrected chi connectivity index (χ0v) is 19.4. The van der Waals surface area contributed by atoms with Crippen molar-refractivity contribution in [3.05, 3.63) is 49.7 Å². The number of nitro groups is 1. The minimum absolute atomic E-state index is 0.0619. The molecule has 0 aliphatic carbocycles. The van der Waals surface area contributed by atoms with E-state index in [0.29, 0.717) is 36.3 Å². The third-order valence-electron chi connectivity index (χ3n) is 4.11. The van der Waals surface area contributed by atoms with Gasteiger partial charge < -0.3 is 0 Å². The third-order valence-corrected chi connectivity index (χ3v) is 6.59. The third kappa shape index (κ3) is 3.81.